The summed E-state index contributed by atoms with van der Waals surface area (Å²) in [6.45, 7) is 0.359. The number of aliphatic hydroxyl groups excluding tert-OH is 1. The number of rotatable bonds is 2. The highest BCUT2D eigenvalue weighted by Gasteiger charge is 2.25. The number of aliphatic hydroxyl groups is 1. The zero-order chi connectivity index (χ0) is 10.1. The average molecular weight is 214 g/mol. The van der Waals surface area contributed by atoms with Gasteiger partial charge in [-0.1, -0.05) is 0 Å². The van der Waals surface area contributed by atoms with Gasteiger partial charge in [-0.25, -0.2) is 0 Å². The van der Waals surface area contributed by atoms with Crippen LogP contribution in [0.15, 0.2) is 0 Å². The van der Waals surface area contributed by atoms with E-state index in [9.17, 15) is 4.79 Å². The van der Waals surface area contributed by atoms with Crippen LogP contribution in [0.1, 0.15) is 18.3 Å². The van der Waals surface area contributed by atoms with Crippen molar-refractivity contribution in [3.63, 3.8) is 0 Å². The summed E-state index contributed by atoms with van der Waals surface area (Å²) in [5.74, 6) is 0.471. The molecule has 6 nitrogen and oxygen atoms in total. The molecule has 1 aromatic heterocycles. The summed E-state index contributed by atoms with van der Waals surface area (Å²) >= 11 is 5.01. The van der Waals surface area contributed by atoms with Crippen LogP contribution in [0.5, 0.6) is 0 Å². The van der Waals surface area contributed by atoms with Gasteiger partial charge in [0.05, 0.1) is 6.04 Å². The first-order chi connectivity index (χ1) is 6.72. The van der Waals surface area contributed by atoms with Gasteiger partial charge in [0.15, 0.2) is 10.6 Å². The van der Waals surface area contributed by atoms with Crippen LogP contribution < -0.4 is 5.32 Å². The molecule has 0 aromatic carbocycles. The number of H-pyrrole nitrogens is 1. The van der Waals surface area contributed by atoms with E-state index < -0.39 is 0 Å². The summed E-state index contributed by atoms with van der Waals surface area (Å²) < 4.78 is 2.13. The standard InChI is InChI=1S/C7H10N4O2S/c12-3-5-9-10-7(14)11(5)4-1-6(13)8-2-4/h4,12H,1-3H2,(H,8,13)(H,10,14). The lowest BCUT2D eigenvalue weighted by Gasteiger charge is -2.10. The van der Waals surface area contributed by atoms with Crippen molar-refractivity contribution in [2.24, 2.45) is 0 Å². The molecule has 76 valence electrons. The SMILES string of the molecule is O=C1CC(n2c(CO)n[nH]c2=S)CN1. The smallest absolute Gasteiger partial charge is 0.222 e. The number of aromatic nitrogens is 3. The normalized spacial score (nSPS) is 21.2. The second-order valence-electron chi connectivity index (χ2n) is 3.14. The van der Waals surface area contributed by atoms with Gasteiger partial charge in [0.1, 0.15) is 6.61 Å². The van der Waals surface area contributed by atoms with Gasteiger partial charge < -0.3 is 10.4 Å². The number of aromatic amines is 1. The Hall–Kier alpha value is -1.21. The second kappa shape index (κ2) is 3.50. The zero-order valence-corrected chi connectivity index (χ0v) is 8.17. The third kappa shape index (κ3) is 1.44. The maximum absolute atomic E-state index is 11.0. The molecule has 0 aliphatic carbocycles. The van der Waals surface area contributed by atoms with Gasteiger partial charge in [0.2, 0.25) is 5.91 Å². The lowest BCUT2D eigenvalue weighted by Crippen LogP contribution is -2.17. The van der Waals surface area contributed by atoms with Gasteiger partial charge >= 0.3 is 0 Å². The van der Waals surface area contributed by atoms with Gasteiger partial charge in [0, 0.05) is 13.0 Å². The fourth-order valence-corrected chi connectivity index (χ4v) is 1.90. The molecular formula is C7H10N4O2S. The third-order valence-corrected chi connectivity index (χ3v) is 2.53. The Labute approximate surface area is 84.9 Å². The van der Waals surface area contributed by atoms with Crippen molar-refractivity contribution >= 4 is 18.1 Å². The van der Waals surface area contributed by atoms with Gasteiger partial charge in [-0.15, -0.1) is 0 Å². The van der Waals surface area contributed by atoms with Crippen molar-refractivity contribution in [3.05, 3.63) is 10.6 Å². The fraction of sp³-hybridized carbons (Fsp3) is 0.571. The van der Waals surface area contributed by atoms with Crippen LogP contribution >= 0.6 is 12.2 Å². The Morgan fingerprint density at radius 1 is 1.71 bits per heavy atom. The van der Waals surface area contributed by atoms with Gasteiger partial charge in [0.25, 0.3) is 0 Å². The molecule has 0 bridgehead atoms. The quantitative estimate of drug-likeness (QED) is 0.579. The number of carbonyl (C=O) groups is 1. The molecule has 1 amide bonds. The first kappa shape index (κ1) is 9.35. The van der Waals surface area contributed by atoms with Crippen molar-refractivity contribution in [1.82, 2.24) is 20.1 Å². The Bertz CT molecular complexity index is 410. The number of amides is 1. The van der Waals surface area contributed by atoms with Crippen LogP contribution in [-0.4, -0.2) is 32.3 Å². The molecule has 2 rings (SSSR count). The molecule has 14 heavy (non-hydrogen) atoms. The molecule has 1 aliphatic rings. The molecule has 0 spiro atoms. The molecule has 1 unspecified atom stereocenters. The molecule has 1 fully saturated rings. The van der Waals surface area contributed by atoms with E-state index in [4.69, 9.17) is 17.3 Å². The maximum atomic E-state index is 11.0. The summed E-state index contributed by atoms with van der Waals surface area (Å²) in [5.41, 5.74) is 0. The Morgan fingerprint density at radius 3 is 3.07 bits per heavy atom. The predicted octanol–water partition coefficient (Wildman–Crippen LogP) is -0.506. The third-order valence-electron chi connectivity index (χ3n) is 2.24. The summed E-state index contributed by atoms with van der Waals surface area (Å²) in [6.07, 6.45) is 0.390. The number of hydrogen-bond donors (Lipinski definition) is 3. The molecule has 2 heterocycles. The molecule has 1 aliphatic heterocycles. The summed E-state index contributed by atoms with van der Waals surface area (Å²) in [6, 6.07) is -0.0316. The first-order valence-electron chi connectivity index (χ1n) is 4.25. The summed E-state index contributed by atoms with van der Waals surface area (Å²) in [4.78, 5) is 11.0. The van der Waals surface area contributed by atoms with Gasteiger partial charge in [-0.05, 0) is 12.2 Å². The van der Waals surface area contributed by atoms with E-state index in [0.29, 0.717) is 23.6 Å². The maximum Gasteiger partial charge on any atom is 0.222 e. The van der Waals surface area contributed by atoms with E-state index in [-0.39, 0.29) is 18.6 Å². The molecule has 0 saturated carbocycles. The predicted molar refractivity (Wildman–Crippen MR) is 50.0 cm³/mol. The summed E-state index contributed by atoms with van der Waals surface area (Å²) in [5, 5.41) is 18.2. The highest BCUT2D eigenvalue weighted by Crippen LogP contribution is 2.17. The topological polar surface area (TPSA) is 82.9 Å². The average Bonchev–Trinajstić information content (AvgIpc) is 2.71. The van der Waals surface area contributed by atoms with Crippen molar-refractivity contribution in [2.45, 2.75) is 19.1 Å². The number of nitrogens with zero attached hydrogens (tertiary/aromatic N) is 2. The molecule has 1 aromatic rings. The van der Waals surface area contributed by atoms with Gasteiger partial charge in [-0.3, -0.25) is 14.5 Å². The zero-order valence-electron chi connectivity index (χ0n) is 7.36. The number of carbonyl (C=O) groups excluding carboxylic acids is 1. The van der Waals surface area contributed by atoms with E-state index in [0.717, 1.165) is 0 Å². The Morgan fingerprint density at radius 2 is 2.50 bits per heavy atom. The number of hydrogen-bond acceptors (Lipinski definition) is 4. The Kier molecular flexibility index (Phi) is 2.34. The molecular weight excluding hydrogens is 204 g/mol. The monoisotopic (exact) mass is 214 g/mol. The van der Waals surface area contributed by atoms with Crippen LogP contribution in [0, 0.1) is 4.77 Å². The van der Waals surface area contributed by atoms with Crippen LogP contribution in [0.4, 0.5) is 0 Å². The first-order valence-corrected chi connectivity index (χ1v) is 4.66. The summed E-state index contributed by atoms with van der Waals surface area (Å²) in [7, 11) is 0. The highest BCUT2D eigenvalue weighted by atomic mass is 32.1. The minimum atomic E-state index is -0.183. The van der Waals surface area contributed by atoms with Crippen molar-refractivity contribution in [2.75, 3.05) is 6.54 Å². The van der Waals surface area contributed by atoms with E-state index >= 15 is 0 Å². The molecule has 1 saturated heterocycles. The fourth-order valence-electron chi connectivity index (χ4n) is 1.60. The largest absolute Gasteiger partial charge is 0.388 e. The van der Waals surface area contributed by atoms with Crippen LogP contribution in [0.25, 0.3) is 0 Å². The van der Waals surface area contributed by atoms with Crippen molar-refractivity contribution < 1.29 is 9.90 Å². The lowest BCUT2D eigenvalue weighted by atomic mass is 10.2. The highest BCUT2D eigenvalue weighted by molar-refractivity contribution is 7.71. The van der Waals surface area contributed by atoms with E-state index in [1.807, 2.05) is 0 Å². The molecule has 0 radical (unpaired) electrons. The number of nitrogens with one attached hydrogen (secondary N) is 2. The molecule has 7 heteroatoms. The lowest BCUT2D eigenvalue weighted by molar-refractivity contribution is -0.119. The van der Waals surface area contributed by atoms with Crippen LogP contribution in [-0.2, 0) is 11.4 Å². The van der Waals surface area contributed by atoms with Crippen LogP contribution in [0.2, 0.25) is 0 Å². The van der Waals surface area contributed by atoms with Crippen LogP contribution in [0.3, 0.4) is 0 Å². The van der Waals surface area contributed by atoms with E-state index in [1.165, 1.54) is 0 Å². The van der Waals surface area contributed by atoms with E-state index in [2.05, 4.69) is 15.5 Å². The molecule has 1 atom stereocenters. The minimum absolute atomic E-state index is 0.00184. The second-order valence-corrected chi connectivity index (χ2v) is 3.52. The van der Waals surface area contributed by atoms with E-state index in [1.54, 1.807) is 4.57 Å². The minimum Gasteiger partial charge on any atom is -0.388 e. The Balaban J connectivity index is 2.35. The van der Waals surface area contributed by atoms with Crippen molar-refractivity contribution in [3.8, 4) is 0 Å². The van der Waals surface area contributed by atoms with Crippen molar-refractivity contribution in [1.29, 1.82) is 0 Å². The van der Waals surface area contributed by atoms with Gasteiger partial charge in [-0.2, -0.15) is 5.10 Å². The molecule has 3 N–H and O–H groups in total.